The molecule has 0 saturated heterocycles. The molecule has 0 aliphatic carbocycles. The van der Waals surface area contributed by atoms with Gasteiger partial charge >= 0.3 is 6.09 Å². The molecule has 7 heteroatoms. The molecule has 1 amide bonds. The molecular weight excluding hydrogens is 312 g/mol. The minimum atomic E-state index is -0.997. The van der Waals surface area contributed by atoms with Gasteiger partial charge < -0.3 is 24.6 Å². The number of hydrogen-bond acceptors (Lipinski definition) is 5. The van der Waals surface area contributed by atoms with Crippen LogP contribution in [-0.4, -0.2) is 49.7 Å². The number of amides is 1. The number of hydrogen-bond donors (Lipinski definition) is 2. The average Bonchev–Trinajstić information content (AvgIpc) is 2.55. The summed E-state index contributed by atoms with van der Waals surface area (Å²) < 4.78 is 15.9. The van der Waals surface area contributed by atoms with Gasteiger partial charge in [0.1, 0.15) is 0 Å². The van der Waals surface area contributed by atoms with E-state index >= 15 is 0 Å². The summed E-state index contributed by atoms with van der Waals surface area (Å²) in [6.07, 6.45) is 2.92. The summed E-state index contributed by atoms with van der Waals surface area (Å²) in [7, 11) is 3.20. The van der Waals surface area contributed by atoms with Crippen LogP contribution in [0.2, 0.25) is 0 Å². The number of rotatable bonds is 11. The third kappa shape index (κ3) is 7.04. The van der Waals surface area contributed by atoms with Crippen LogP contribution in [-0.2, 0) is 11.2 Å². The van der Waals surface area contributed by atoms with Crippen LogP contribution in [0.3, 0.4) is 0 Å². The molecule has 1 heterocycles. The number of nitrogens with zero attached hydrogens (tertiary/aromatic N) is 1. The van der Waals surface area contributed by atoms with Gasteiger partial charge in [-0.25, -0.2) is 9.78 Å². The lowest BCUT2D eigenvalue weighted by molar-refractivity contribution is 0.170. The van der Waals surface area contributed by atoms with Crippen LogP contribution in [0.25, 0.3) is 0 Å². The third-order valence-electron chi connectivity index (χ3n) is 3.68. The molecular formula is C17H28N2O5. The summed E-state index contributed by atoms with van der Waals surface area (Å²) in [5, 5.41) is 11.5. The van der Waals surface area contributed by atoms with Crippen molar-refractivity contribution in [2.24, 2.45) is 5.92 Å². The molecule has 0 spiro atoms. The van der Waals surface area contributed by atoms with Crippen LogP contribution < -0.4 is 14.8 Å². The summed E-state index contributed by atoms with van der Waals surface area (Å²) in [5.74, 6) is 1.26. The Morgan fingerprint density at radius 3 is 2.67 bits per heavy atom. The van der Waals surface area contributed by atoms with Crippen molar-refractivity contribution < 1.29 is 24.1 Å². The molecule has 1 atom stereocenters. The lowest BCUT2D eigenvalue weighted by atomic mass is 9.97. The third-order valence-corrected chi connectivity index (χ3v) is 3.68. The number of ether oxygens (including phenoxy) is 3. The van der Waals surface area contributed by atoms with E-state index in [4.69, 9.17) is 19.3 Å². The fraction of sp³-hybridized carbons (Fsp3) is 0.647. The van der Waals surface area contributed by atoms with Crippen LogP contribution >= 0.6 is 0 Å². The molecule has 0 unspecified atom stereocenters. The number of methoxy groups -OCH3 is 2. The van der Waals surface area contributed by atoms with Gasteiger partial charge in [-0.2, -0.15) is 0 Å². The fourth-order valence-electron chi connectivity index (χ4n) is 2.30. The number of nitrogens with one attached hydrogen (secondary N) is 1. The topological polar surface area (TPSA) is 89.9 Å². The highest BCUT2D eigenvalue weighted by Gasteiger charge is 2.16. The monoisotopic (exact) mass is 340 g/mol. The quantitative estimate of drug-likeness (QED) is 0.602. The van der Waals surface area contributed by atoms with Crippen molar-refractivity contribution in [2.45, 2.75) is 39.2 Å². The van der Waals surface area contributed by atoms with Crippen LogP contribution in [0.5, 0.6) is 11.6 Å². The zero-order valence-corrected chi connectivity index (χ0v) is 14.9. The van der Waals surface area contributed by atoms with Gasteiger partial charge in [0.15, 0.2) is 5.75 Å². The van der Waals surface area contributed by atoms with Crippen molar-refractivity contribution in [2.75, 3.05) is 27.4 Å². The van der Waals surface area contributed by atoms with E-state index in [1.165, 1.54) is 0 Å². The Labute approximate surface area is 143 Å². The largest absolute Gasteiger partial charge is 0.488 e. The molecule has 1 aromatic rings. The molecule has 2 N–H and O–H groups in total. The Kier molecular flexibility index (Phi) is 8.93. The number of aryl methyl sites for hydroxylation is 1. The number of carbonyl (C=O) groups is 1. The highest BCUT2D eigenvalue weighted by Crippen LogP contribution is 2.26. The highest BCUT2D eigenvalue weighted by molar-refractivity contribution is 5.64. The van der Waals surface area contributed by atoms with Gasteiger partial charge in [0.25, 0.3) is 5.88 Å². The van der Waals surface area contributed by atoms with Gasteiger partial charge in [-0.1, -0.05) is 13.8 Å². The Morgan fingerprint density at radius 1 is 1.33 bits per heavy atom. The Morgan fingerprint density at radius 2 is 2.08 bits per heavy atom. The van der Waals surface area contributed by atoms with E-state index < -0.39 is 6.09 Å². The molecule has 0 saturated carbocycles. The fourth-order valence-corrected chi connectivity index (χ4v) is 2.30. The Balaban J connectivity index is 2.68. The Hall–Kier alpha value is -2.02. The van der Waals surface area contributed by atoms with E-state index in [0.29, 0.717) is 37.7 Å². The molecule has 0 bridgehead atoms. The van der Waals surface area contributed by atoms with Gasteiger partial charge in [0.05, 0.1) is 13.7 Å². The second-order valence-electron chi connectivity index (χ2n) is 5.88. The van der Waals surface area contributed by atoms with Crippen LogP contribution in [0.15, 0.2) is 12.3 Å². The van der Waals surface area contributed by atoms with Crippen molar-refractivity contribution in [3.8, 4) is 11.6 Å². The summed E-state index contributed by atoms with van der Waals surface area (Å²) in [6, 6.07) is 1.80. The minimum absolute atomic E-state index is 0.101. The predicted octanol–water partition coefficient (Wildman–Crippen LogP) is 2.73. The first-order chi connectivity index (χ1) is 11.5. The molecule has 24 heavy (non-hydrogen) atoms. The predicted molar refractivity (Wildman–Crippen MR) is 90.9 cm³/mol. The van der Waals surface area contributed by atoms with E-state index in [1.807, 2.05) is 19.9 Å². The molecule has 0 aliphatic rings. The standard InChI is InChI=1S/C17H28N2O5/c1-12(2)14(19-17(20)21)7-6-13-10-15(16(23-4)18-11-13)24-9-5-8-22-3/h10-12,14,19H,5-9H2,1-4H3,(H,20,21)/t14-/m0/s1. The van der Waals surface area contributed by atoms with Crippen molar-refractivity contribution in [1.82, 2.24) is 10.3 Å². The maximum absolute atomic E-state index is 10.9. The smallest absolute Gasteiger partial charge is 0.404 e. The molecule has 0 aromatic carbocycles. The van der Waals surface area contributed by atoms with Crippen molar-refractivity contribution in [3.63, 3.8) is 0 Å². The van der Waals surface area contributed by atoms with Crippen LogP contribution in [0, 0.1) is 5.92 Å². The first-order valence-electron chi connectivity index (χ1n) is 8.12. The average molecular weight is 340 g/mol. The maximum atomic E-state index is 10.9. The van der Waals surface area contributed by atoms with E-state index in [-0.39, 0.29) is 12.0 Å². The van der Waals surface area contributed by atoms with Crippen molar-refractivity contribution >= 4 is 6.09 Å². The zero-order chi connectivity index (χ0) is 17.9. The first kappa shape index (κ1) is 20.0. The lowest BCUT2D eigenvalue weighted by Crippen LogP contribution is -2.37. The van der Waals surface area contributed by atoms with E-state index in [9.17, 15) is 4.79 Å². The van der Waals surface area contributed by atoms with Gasteiger partial charge in [-0.15, -0.1) is 0 Å². The van der Waals surface area contributed by atoms with Crippen LogP contribution in [0.1, 0.15) is 32.3 Å². The molecule has 7 nitrogen and oxygen atoms in total. The lowest BCUT2D eigenvalue weighted by Gasteiger charge is -2.20. The van der Waals surface area contributed by atoms with Gasteiger partial charge in [0, 0.05) is 32.4 Å². The van der Waals surface area contributed by atoms with Gasteiger partial charge in [-0.05, 0) is 30.4 Å². The second-order valence-corrected chi connectivity index (χ2v) is 5.88. The Bertz CT molecular complexity index is 508. The zero-order valence-electron chi connectivity index (χ0n) is 14.9. The number of aromatic nitrogens is 1. The molecule has 136 valence electrons. The SMILES string of the molecule is COCCCOc1cc(CC[C@H](NC(=O)O)C(C)C)cnc1OC. The number of pyridine rings is 1. The molecule has 1 aromatic heterocycles. The summed E-state index contributed by atoms with van der Waals surface area (Å²) >= 11 is 0. The van der Waals surface area contributed by atoms with E-state index in [1.54, 1.807) is 20.4 Å². The van der Waals surface area contributed by atoms with Gasteiger partial charge in [-0.3, -0.25) is 0 Å². The van der Waals surface area contributed by atoms with Crippen molar-refractivity contribution in [3.05, 3.63) is 17.8 Å². The summed E-state index contributed by atoms with van der Waals surface area (Å²) in [5.41, 5.74) is 0.982. The normalized spacial score (nSPS) is 12.0. The van der Waals surface area contributed by atoms with Gasteiger partial charge in [0.2, 0.25) is 0 Å². The molecule has 0 aliphatic heterocycles. The molecule has 0 fully saturated rings. The molecule has 0 radical (unpaired) electrons. The first-order valence-corrected chi connectivity index (χ1v) is 8.12. The van der Waals surface area contributed by atoms with Crippen molar-refractivity contribution in [1.29, 1.82) is 0 Å². The minimum Gasteiger partial charge on any atom is -0.488 e. The second kappa shape index (κ2) is 10.7. The number of carboxylic acid groups (broad SMARTS) is 1. The van der Waals surface area contributed by atoms with E-state index in [0.717, 1.165) is 12.0 Å². The van der Waals surface area contributed by atoms with Crippen LogP contribution in [0.4, 0.5) is 4.79 Å². The molecule has 1 rings (SSSR count). The summed E-state index contributed by atoms with van der Waals surface area (Å²) in [6.45, 7) is 5.14. The van der Waals surface area contributed by atoms with E-state index in [2.05, 4.69) is 10.3 Å². The summed E-state index contributed by atoms with van der Waals surface area (Å²) in [4.78, 5) is 15.1. The maximum Gasteiger partial charge on any atom is 0.404 e. The highest BCUT2D eigenvalue weighted by atomic mass is 16.5.